The first-order valence-corrected chi connectivity index (χ1v) is 4.11. The molecule has 0 aromatic heterocycles. The molecule has 0 aliphatic heterocycles. The molecule has 0 aromatic carbocycles. The lowest BCUT2D eigenvalue weighted by molar-refractivity contribution is -0.397. The molecule has 0 spiro atoms. The van der Waals surface area contributed by atoms with E-state index in [0.29, 0.717) is 0 Å². The average molecular weight is 278 g/mol. The third-order valence-corrected chi connectivity index (χ3v) is 1.68. The quantitative estimate of drug-likeness (QED) is 0.710. The van der Waals surface area contributed by atoms with Gasteiger partial charge in [0.15, 0.2) is 0 Å². The summed E-state index contributed by atoms with van der Waals surface area (Å²) in [5.41, 5.74) is -5.81. The van der Waals surface area contributed by atoms with E-state index in [1.54, 1.807) is 0 Å². The minimum absolute atomic E-state index is 0.790. The summed E-state index contributed by atoms with van der Waals surface area (Å²) in [5, 5.41) is 0. The molecule has 0 radical (unpaired) electrons. The van der Waals surface area contributed by atoms with Crippen LogP contribution < -0.4 is 0 Å². The highest BCUT2D eigenvalue weighted by molar-refractivity contribution is 4.96. The molecule has 1 nitrogen and oxygen atoms in total. The molecule has 0 saturated heterocycles. The smallest absolute Gasteiger partial charge is 0.318 e. The predicted octanol–water partition coefficient (Wildman–Crippen LogP) is 3.84. The Bertz CT molecular complexity index is 255. The van der Waals surface area contributed by atoms with Gasteiger partial charge in [-0.2, -0.15) is 35.1 Å². The third-order valence-electron chi connectivity index (χ3n) is 1.68. The van der Waals surface area contributed by atoms with E-state index in [0.717, 1.165) is 6.92 Å². The highest BCUT2D eigenvalue weighted by Crippen LogP contribution is 2.51. The average Bonchev–Trinajstić information content (AvgIpc) is 1.97. The standard InChI is InChI=1S/C7H7F9O/c1-2-17-7(15,16)4(8,6(12,13)14)3-5(9,10)11/h2-3H2,1H3. The molecule has 17 heavy (non-hydrogen) atoms. The van der Waals surface area contributed by atoms with Crippen LogP contribution in [0.5, 0.6) is 0 Å². The zero-order valence-corrected chi connectivity index (χ0v) is 8.22. The number of alkyl halides is 9. The molecule has 0 heterocycles. The van der Waals surface area contributed by atoms with Gasteiger partial charge >= 0.3 is 24.1 Å². The van der Waals surface area contributed by atoms with Gasteiger partial charge in [0.1, 0.15) is 0 Å². The van der Waals surface area contributed by atoms with Crippen LogP contribution in [-0.2, 0) is 4.74 Å². The van der Waals surface area contributed by atoms with Gasteiger partial charge in [-0.1, -0.05) is 0 Å². The van der Waals surface area contributed by atoms with Crippen molar-refractivity contribution in [2.45, 2.75) is 37.5 Å². The highest BCUT2D eigenvalue weighted by Gasteiger charge is 2.75. The van der Waals surface area contributed by atoms with E-state index in [-0.39, 0.29) is 0 Å². The van der Waals surface area contributed by atoms with Crippen LogP contribution in [0.25, 0.3) is 0 Å². The fourth-order valence-electron chi connectivity index (χ4n) is 0.940. The molecule has 10 heteroatoms. The normalized spacial score (nSPS) is 18.0. The lowest BCUT2D eigenvalue weighted by atomic mass is 9.99. The number of rotatable bonds is 4. The molecule has 1 atom stereocenters. The molecular weight excluding hydrogens is 271 g/mol. The van der Waals surface area contributed by atoms with Gasteiger partial charge in [0.05, 0.1) is 13.0 Å². The second-order valence-electron chi connectivity index (χ2n) is 3.04. The van der Waals surface area contributed by atoms with Gasteiger partial charge in [0.25, 0.3) is 0 Å². The van der Waals surface area contributed by atoms with Crippen molar-refractivity contribution in [3.63, 3.8) is 0 Å². The Morgan fingerprint density at radius 2 is 1.24 bits per heavy atom. The topological polar surface area (TPSA) is 9.23 Å². The van der Waals surface area contributed by atoms with Crippen LogP contribution in [0, 0.1) is 0 Å². The molecule has 0 aliphatic rings. The van der Waals surface area contributed by atoms with Gasteiger partial charge in [-0.25, -0.2) is 4.39 Å². The van der Waals surface area contributed by atoms with Crippen molar-refractivity contribution < 1.29 is 44.3 Å². The summed E-state index contributed by atoms with van der Waals surface area (Å²) in [6, 6.07) is 0. The van der Waals surface area contributed by atoms with Crippen molar-refractivity contribution in [2.24, 2.45) is 0 Å². The fraction of sp³-hybridized carbons (Fsp3) is 1.00. The van der Waals surface area contributed by atoms with Crippen LogP contribution in [0.2, 0.25) is 0 Å². The SMILES string of the molecule is CCOC(F)(F)C(F)(CC(F)(F)F)C(F)(F)F. The Morgan fingerprint density at radius 1 is 0.824 bits per heavy atom. The van der Waals surface area contributed by atoms with Crippen LogP contribution in [0.4, 0.5) is 39.5 Å². The summed E-state index contributed by atoms with van der Waals surface area (Å²) in [5.74, 6) is 0. The maximum atomic E-state index is 13.0. The van der Waals surface area contributed by atoms with Crippen molar-refractivity contribution in [2.75, 3.05) is 6.61 Å². The molecule has 0 rings (SSSR count). The minimum Gasteiger partial charge on any atom is -0.318 e. The van der Waals surface area contributed by atoms with Crippen molar-refractivity contribution in [1.82, 2.24) is 0 Å². The van der Waals surface area contributed by atoms with Crippen molar-refractivity contribution >= 4 is 0 Å². The Hall–Kier alpha value is -0.670. The summed E-state index contributed by atoms with van der Waals surface area (Å²) >= 11 is 0. The Kier molecular flexibility index (Phi) is 4.36. The molecule has 1 unspecified atom stereocenters. The van der Waals surface area contributed by atoms with Gasteiger partial charge in [0.2, 0.25) is 0 Å². The summed E-state index contributed by atoms with van der Waals surface area (Å²) < 4.78 is 113. The maximum absolute atomic E-state index is 13.0. The second-order valence-corrected chi connectivity index (χ2v) is 3.04. The number of halogens is 9. The number of hydrogen-bond donors (Lipinski definition) is 0. The van der Waals surface area contributed by atoms with Crippen LogP contribution in [0.3, 0.4) is 0 Å². The molecule has 0 amide bonds. The first kappa shape index (κ1) is 16.3. The van der Waals surface area contributed by atoms with E-state index in [9.17, 15) is 39.5 Å². The Morgan fingerprint density at radius 3 is 1.47 bits per heavy atom. The molecule has 0 bridgehead atoms. The van der Waals surface area contributed by atoms with Gasteiger partial charge in [-0.3, -0.25) is 0 Å². The Labute approximate surface area is 89.5 Å². The number of hydrogen-bond acceptors (Lipinski definition) is 1. The van der Waals surface area contributed by atoms with Gasteiger partial charge in [-0.05, 0) is 6.92 Å². The summed E-state index contributed by atoms with van der Waals surface area (Å²) in [4.78, 5) is 0. The third kappa shape index (κ3) is 3.65. The molecule has 0 aromatic rings. The van der Waals surface area contributed by atoms with Crippen LogP contribution >= 0.6 is 0 Å². The molecule has 0 saturated carbocycles. The Balaban J connectivity index is 5.41. The van der Waals surface area contributed by atoms with E-state index in [1.165, 1.54) is 0 Å². The molecular formula is C7H7F9O. The van der Waals surface area contributed by atoms with Gasteiger partial charge < -0.3 is 4.74 Å². The maximum Gasteiger partial charge on any atom is 0.431 e. The summed E-state index contributed by atoms with van der Waals surface area (Å²) in [7, 11) is 0. The van der Waals surface area contributed by atoms with Crippen molar-refractivity contribution in [1.29, 1.82) is 0 Å². The molecule has 0 N–H and O–H groups in total. The largest absolute Gasteiger partial charge is 0.431 e. The summed E-state index contributed by atoms with van der Waals surface area (Å²) in [6.07, 6.45) is -21.2. The fourth-order valence-corrected chi connectivity index (χ4v) is 0.940. The first-order chi connectivity index (χ1) is 7.27. The first-order valence-electron chi connectivity index (χ1n) is 4.11. The van der Waals surface area contributed by atoms with Gasteiger partial charge in [-0.15, -0.1) is 0 Å². The molecule has 0 aliphatic carbocycles. The van der Waals surface area contributed by atoms with E-state index in [4.69, 9.17) is 0 Å². The lowest BCUT2D eigenvalue weighted by Gasteiger charge is -2.34. The van der Waals surface area contributed by atoms with E-state index in [1.807, 2.05) is 0 Å². The van der Waals surface area contributed by atoms with Crippen molar-refractivity contribution in [3.8, 4) is 0 Å². The number of ether oxygens (including phenoxy) is 1. The zero-order valence-electron chi connectivity index (χ0n) is 8.22. The van der Waals surface area contributed by atoms with Crippen molar-refractivity contribution in [3.05, 3.63) is 0 Å². The van der Waals surface area contributed by atoms with Crippen LogP contribution in [0.15, 0.2) is 0 Å². The predicted molar refractivity (Wildman–Crippen MR) is 37.1 cm³/mol. The van der Waals surface area contributed by atoms with E-state index < -0.39 is 37.2 Å². The minimum atomic E-state index is -6.42. The zero-order chi connectivity index (χ0) is 14.1. The second kappa shape index (κ2) is 4.54. The highest BCUT2D eigenvalue weighted by atomic mass is 19.4. The lowest BCUT2D eigenvalue weighted by Crippen LogP contribution is -2.58. The van der Waals surface area contributed by atoms with Crippen LogP contribution in [-0.4, -0.2) is 30.7 Å². The van der Waals surface area contributed by atoms with Gasteiger partial charge in [0, 0.05) is 0 Å². The summed E-state index contributed by atoms with van der Waals surface area (Å²) in [6.45, 7) is -0.287. The monoisotopic (exact) mass is 278 g/mol. The molecule has 104 valence electrons. The van der Waals surface area contributed by atoms with E-state index >= 15 is 0 Å². The van der Waals surface area contributed by atoms with E-state index in [2.05, 4.69) is 4.74 Å². The molecule has 0 fully saturated rings. The van der Waals surface area contributed by atoms with Crippen LogP contribution in [0.1, 0.15) is 13.3 Å².